The Labute approximate surface area is 103 Å². The van der Waals surface area contributed by atoms with Gasteiger partial charge in [0.15, 0.2) is 0 Å². The number of hydrogen-bond acceptors (Lipinski definition) is 2. The average molecular weight is 280 g/mol. The minimum atomic E-state index is 0.465. The van der Waals surface area contributed by atoms with Crippen molar-refractivity contribution < 1.29 is 0 Å². The van der Waals surface area contributed by atoms with Gasteiger partial charge in [-0.25, -0.2) is 0 Å². The summed E-state index contributed by atoms with van der Waals surface area (Å²) in [4.78, 5) is 0. The molecule has 0 bridgehead atoms. The summed E-state index contributed by atoms with van der Waals surface area (Å²) in [5, 5.41) is 4.41. The zero-order chi connectivity index (χ0) is 11.7. The minimum absolute atomic E-state index is 0.465. The second-order valence-corrected chi connectivity index (χ2v) is 4.66. The number of nitrogens with zero attached hydrogens (tertiary/aromatic N) is 2. The lowest BCUT2D eigenvalue weighted by molar-refractivity contribution is 0.721. The van der Waals surface area contributed by atoms with Crippen LogP contribution in [0, 0.1) is 6.92 Å². The van der Waals surface area contributed by atoms with E-state index in [4.69, 9.17) is 5.73 Å². The van der Waals surface area contributed by atoms with Crippen molar-refractivity contribution in [2.75, 3.05) is 0 Å². The maximum absolute atomic E-state index is 5.72. The van der Waals surface area contributed by atoms with Crippen molar-refractivity contribution in [3.8, 4) is 11.1 Å². The first-order valence-corrected chi connectivity index (χ1v) is 5.91. The lowest BCUT2D eigenvalue weighted by atomic mass is 10.0. The monoisotopic (exact) mass is 279 g/mol. The largest absolute Gasteiger partial charge is 0.325 e. The summed E-state index contributed by atoms with van der Waals surface area (Å²) in [6.45, 7) is 2.52. The van der Waals surface area contributed by atoms with E-state index in [1.54, 1.807) is 0 Å². The fourth-order valence-electron chi connectivity index (χ4n) is 1.81. The molecule has 84 valence electrons. The van der Waals surface area contributed by atoms with E-state index in [1.807, 2.05) is 23.9 Å². The highest BCUT2D eigenvalue weighted by Gasteiger charge is 2.13. The van der Waals surface area contributed by atoms with E-state index in [0.717, 1.165) is 27.0 Å². The van der Waals surface area contributed by atoms with E-state index in [-0.39, 0.29) is 0 Å². The minimum Gasteiger partial charge on any atom is -0.325 e. The van der Waals surface area contributed by atoms with Gasteiger partial charge >= 0.3 is 0 Å². The van der Waals surface area contributed by atoms with Crippen LogP contribution in [0.15, 0.2) is 28.7 Å². The van der Waals surface area contributed by atoms with Crippen LogP contribution in [0.5, 0.6) is 0 Å². The number of hydrogen-bond donors (Lipinski definition) is 1. The molecule has 1 heterocycles. The number of aryl methyl sites for hydroxylation is 1. The Morgan fingerprint density at radius 3 is 2.50 bits per heavy atom. The predicted molar refractivity (Wildman–Crippen MR) is 69.0 cm³/mol. The van der Waals surface area contributed by atoms with Crippen LogP contribution in [0.2, 0.25) is 0 Å². The van der Waals surface area contributed by atoms with Crippen LogP contribution in [0.4, 0.5) is 0 Å². The lowest BCUT2D eigenvalue weighted by Gasteiger charge is -2.03. The van der Waals surface area contributed by atoms with Gasteiger partial charge < -0.3 is 5.73 Å². The SMILES string of the molecule is Cc1c(-c2ccc(Br)cc2)c(CN)nn1C. The van der Waals surface area contributed by atoms with Crippen LogP contribution in [0.3, 0.4) is 0 Å². The first-order valence-electron chi connectivity index (χ1n) is 5.12. The summed E-state index contributed by atoms with van der Waals surface area (Å²) in [5.41, 5.74) is 10.1. The Kier molecular flexibility index (Phi) is 3.12. The highest BCUT2D eigenvalue weighted by atomic mass is 79.9. The number of rotatable bonds is 2. The normalized spacial score (nSPS) is 10.8. The van der Waals surface area contributed by atoms with Gasteiger partial charge in [-0.2, -0.15) is 5.10 Å². The van der Waals surface area contributed by atoms with Gasteiger partial charge in [0, 0.05) is 29.3 Å². The topological polar surface area (TPSA) is 43.8 Å². The van der Waals surface area contributed by atoms with E-state index >= 15 is 0 Å². The molecule has 2 rings (SSSR count). The molecule has 4 heteroatoms. The van der Waals surface area contributed by atoms with Gasteiger partial charge in [0.25, 0.3) is 0 Å². The van der Waals surface area contributed by atoms with Crippen molar-refractivity contribution in [1.82, 2.24) is 9.78 Å². The van der Waals surface area contributed by atoms with Crippen LogP contribution in [-0.4, -0.2) is 9.78 Å². The van der Waals surface area contributed by atoms with Crippen molar-refractivity contribution in [1.29, 1.82) is 0 Å². The molecule has 2 aromatic rings. The molecule has 2 N–H and O–H groups in total. The van der Waals surface area contributed by atoms with E-state index in [0.29, 0.717) is 6.54 Å². The molecule has 0 fully saturated rings. The Bertz CT molecular complexity index is 500. The van der Waals surface area contributed by atoms with Crippen molar-refractivity contribution in [2.45, 2.75) is 13.5 Å². The maximum Gasteiger partial charge on any atom is 0.0841 e. The third kappa shape index (κ3) is 1.90. The number of halogens is 1. The average Bonchev–Trinajstić information content (AvgIpc) is 2.57. The fourth-order valence-corrected chi connectivity index (χ4v) is 2.08. The third-order valence-corrected chi connectivity index (χ3v) is 3.26. The number of benzene rings is 1. The van der Waals surface area contributed by atoms with Gasteiger partial charge in [0.05, 0.1) is 5.69 Å². The molecule has 0 spiro atoms. The molecule has 0 saturated carbocycles. The highest BCUT2D eigenvalue weighted by molar-refractivity contribution is 9.10. The smallest absolute Gasteiger partial charge is 0.0841 e. The van der Waals surface area contributed by atoms with Gasteiger partial charge in [-0.3, -0.25) is 4.68 Å². The van der Waals surface area contributed by atoms with Crippen LogP contribution >= 0.6 is 15.9 Å². The summed E-state index contributed by atoms with van der Waals surface area (Å²) in [6.07, 6.45) is 0. The van der Waals surface area contributed by atoms with Crippen LogP contribution in [0.1, 0.15) is 11.4 Å². The lowest BCUT2D eigenvalue weighted by Crippen LogP contribution is -1.99. The third-order valence-electron chi connectivity index (χ3n) is 2.73. The summed E-state index contributed by atoms with van der Waals surface area (Å²) >= 11 is 3.43. The quantitative estimate of drug-likeness (QED) is 0.919. The Hall–Kier alpha value is -1.13. The summed E-state index contributed by atoms with van der Waals surface area (Å²) in [6, 6.07) is 8.21. The van der Waals surface area contributed by atoms with Crippen LogP contribution < -0.4 is 5.73 Å². The van der Waals surface area contributed by atoms with Gasteiger partial charge in [0.1, 0.15) is 0 Å². The van der Waals surface area contributed by atoms with Gasteiger partial charge in [0.2, 0.25) is 0 Å². The molecule has 0 amide bonds. The molecule has 1 aromatic heterocycles. The molecule has 0 aliphatic heterocycles. The molecule has 0 saturated heterocycles. The van der Waals surface area contributed by atoms with E-state index in [2.05, 4.69) is 40.1 Å². The van der Waals surface area contributed by atoms with Crippen molar-refractivity contribution >= 4 is 15.9 Å². The molecular weight excluding hydrogens is 266 g/mol. The fraction of sp³-hybridized carbons (Fsp3) is 0.250. The van der Waals surface area contributed by atoms with E-state index in [9.17, 15) is 0 Å². The molecule has 0 radical (unpaired) electrons. The number of nitrogens with two attached hydrogens (primary N) is 1. The van der Waals surface area contributed by atoms with Crippen molar-refractivity contribution in [3.05, 3.63) is 40.1 Å². The molecule has 0 aliphatic rings. The van der Waals surface area contributed by atoms with E-state index in [1.165, 1.54) is 0 Å². The first-order chi connectivity index (χ1) is 7.63. The van der Waals surface area contributed by atoms with Crippen LogP contribution in [0.25, 0.3) is 11.1 Å². The molecule has 0 atom stereocenters. The first kappa shape index (κ1) is 11.4. The molecular formula is C12H14BrN3. The van der Waals surface area contributed by atoms with Crippen molar-refractivity contribution in [2.24, 2.45) is 12.8 Å². The summed E-state index contributed by atoms with van der Waals surface area (Å²) < 4.78 is 2.95. The van der Waals surface area contributed by atoms with Gasteiger partial charge in [-0.1, -0.05) is 28.1 Å². The standard InChI is InChI=1S/C12H14BrN3/c1-8-12(11(7-14)15-16(8)2)9-3-5-10(13)6-4-9/h3-6H,7,14H2,1-2H3. The maximum atomic E-state index is 5.72. The van der Waals surface area contributed by atoms with Crippen LogP contribution in [-0.2, 0) is 13.6 Å². The predicted octanol–water partition coefficient (Wildman–Crippen LogP) is 2.62. The molecule has 1 aromatic carbocycles. The van der Waals surface area contributed by atoms with E-state index < -0.39 is 0 Å². The second-order valence-electron chi connectivity index (χ2n) is 3.74. The summed E-state index contributed by atoms with van der Waals surface area (Å²) in [7, 11) is 1.94. The zero-order valence-electron chi connectivity index (χ0n) is 9.37. The number of aromatic nitrogens is 2. The Balaban J connectivity index is 2.58. The van der Waals surface area contributed by atoms with Crippen molar-refractivity contribution in [3.63, 3.8) is 0 Å². The summed E-state index contributed by atoms with van der Waals surface area (Å²) in [5.74, 6) is 0. The highest BCUT2D eigenvalue weighted by Crippen LogP contribution is 2.27. The Morgan fingerprint density at radius 2 is 1.94 bits per heavy atom. The molecule has 3 nitrogen and oxygen atoms in total. The van der Waals surface area contributed by atoms with Gasteiger partial charge in [-0.15, -0.1) is 0 Å². The Morgan fingerprint density at radius 1 is 1.31 bits per heavy atom. The van der Waals surface area contributed by atoms with Gasteiger partial charge in [-0.05, 0) is 24.6 Å². The second kappa shape index (κ2) is 4.39. The zero-order valence-corrected chi connectivity index (χ0v) is 11.0. The molecule has 0 unspecified atom stereocenters. The molecule has 16 heavy (non-hydrogen) atoms. The molecule has 0 aliphatic carbocycles.